The number of aliphatic imine (C=N–C) groups is 1. The van der Waals surface area contributed by atoms with Gasteiger partial charge in [0.05, 0.1) is 17.0 Å². The van der Waals surface area contributed by atoms with E-state index in [1.165, 1.54) is 0 Å². The molecule has 22 heavy (non-hydrogen) atoms. The zero-order valence-electron chi connectivity index (χ0n) is 11.8. The van der Waals surface area contributed by atoms with E-state index in [9.17, 15) is 10.2 Å². The van der Waals surface area contributed by atoms with Gasteiger partial charge in [-0.3, -0.25) is 0 Å². The first-order chi connectivity index (χ1) is 10.5. The number of aromatic nitrogens is 1. The van der Waals surface area contributed by atoms with E-state index >= 15 is 0 Å². The molecule has 1 aliphatic heterocycles. The van der Waals surface area contributed by atoms with Crippen LogP contribution in [0.25, 0.3) is 10.9 Å². The fourth-order valence-corrected chi connectivity index (χ4v) is 3.39. The lowest BCUT2D eigenvalue weighted by Crippen LogP contribution is -2.29. The standard InChI is InChI=1S/C17H13BrN2O2/c1-17(22)11-4-2-3-5-13(11)19-15(17)14-10-8-9(18)6-7-12(10)20-16(14)21/h2-8,20-22H,1H3. The first-order valence-corrected chi connectivity index (χ1v) is 7.69. The van der Waals surface area contributed by atoms with Gasteiger partial charge in [-0.2, -0.15) is 0 Å². The number of fused-ring (bicyclic) bond motifs is 2. The number of hydrogen-bond donors (Lipinski definition) is 3. The third-order valence-electron chi connectivity index (χ3n) is 4.10. The van der Waals surface area contributed by atoms with Crippen molar-refractivity contribution in [3.05, 3.63) is 58.1 Å². The molecule has 4 rings (SSSR count). The number of para-hydroxylation sites is 1. The monoisotopic (exact) mass is 356 g/mol. The van der Waals surface area contributed by atoms with Crippen LogP contribution in [0.4, 0.5) is 5.69 Å². The molecule has 4 nitrogen and oxygen atoms in total. The van der Waals surface area contributed by atoms with E-state index in [0.717, 1.165) is 26.6 Å². The predicted octanol–water partition coefficient (Wildman–Crippen LogP) is 3.98. The zero-order valence-corrected chi connectivity index (χ0v) is 13.3. The van der Waals surface area contributed by atoms with Crippen molar-refractivity contribution in [3.8, 4) is 5.88 Å². The van der Waals surface area contributed by atoms with E-state index in [4.69, 9.17) is 0 Å². The maximum absolute atomic E-state index is 11.0. The van der Waals surface area contributed by atoms with Crippen molar-refractivity contribution >= 4 is 38.2 Å². The minimum atomic E-state index is -1.24. The van der Waals surface area contributed by atoms with E-state index in [1.54, 1.807) is 6.92 Å². The summed E-state index contributed by atoms with van der Waals surface area (Å²) < 4.78 is 0.899. The topological polar surface area (TPSA) is 68.6 Å². The van der Waals surface area contributed by atoms with Crippen molar-refractivity contribution < 1.29 is 10.2 Å². The van der Waals surface area contributed by atoms with Crippen LogP contribution in [0, 0.1) is 0 Å². The van der Waals surface area contributed by atoms with E-state index < -0.39 is 5.60 Å². The predicted molar refractivity (Wildman–Crippen MR) is 89.9 cm³/mol. The van der Waals surface area contributed by atoms with E-state index in [1.807, 2.05) is 42.5 Å². The van der Waals surface area contributed by atoms with Crippen molar-refractivity contribution in [2.45, 2.75) is 12.5 Å². The summed E-state index contributed by atoms with van der Waals surface area (Å²) in [5.74, 6) is 0.0138. The lowest BCUT2D eigenvalue weighted by Gasteiger charge is -2.20. The molecule has 1 atom stereocenters. The van der Waals surface area contributed by atoms with Gasteiger partial charge >= 0.3 is 0 Å². The quantitative estimate of drug-likeness (QED) is 0.617. The molecule has 0 aliphatic carbocycles. The minimum Gasteiger partial charge on any atom is -0.494 e. The molecule has 3 N–H and O–H groups in total. The second-order valence-corrected chi connectivity index (χ2v) is 6.50. The number of aromatic amines is 1. The van der Waals surface area contributed by atoms with Crippen LogP contribution in [0.2, 0.25) is 0 Å². The largest absolute Gasteiger partial charge is 0.494 e. The Morgan fingerprint density at radius 3 is 2.73 bits per heavy atom. The van der Waals surface area contributed by atoms with E-state index in [0.29, 0.717) is 11.3 Å². The van der Waals surface area contributed by atoms with Gasteiger partial charge in [0.2, 0.25) is 0 Å². The van der Waals surface area contributed by atoms with Gasteiger partial charge < -0.3 is 15.2 Å². The van der Waals surface area contributed by atoms with Crippen molar-refractivity contribution in [1.82, 2.24) is 4.98 Å². The number of aromatic hydroxyl groups is 1. The van der Waals surface area contributed by atoms with Crippen LogP contribution < -0.4 is 0 Å². The summed E-state index contributed by atoms with van der Waals surface area (Å²) >= 11 is 3.44. The Morgan fingerprint density at radius 2 is 1.95 bits per heavy atom. The number of hydrogen-bond acceptors (Lipinski definition) is 3. The van der Waals surface area contributed by atoms with Gasteiger partial charge in [0, 0.05) is 20.9 Å². The van der Waals surface area contributed by atoms with Crippen LogP contribution in [0.3, 0.4) is 0 Å². The fourth-order valence-electron chi connectivity index (χ4n) is 3.03. The highest BCUT2D eigenvalue weighted by Crippen LogP contribution is 2.43. The summed E-state index contributed by atoms with van der Waals surface area (Å²) in [7, 11) is 0. The SMILES string of the molecule is CC1(O)C(c2c(O)[nH]c3ccc(Br)cc23)=Nc2ccccc21. The highest BCUT2D eigenvalue weighted by molar-refractivity contribution is 9.10. The van der Waals surface area contributed by atoms with Crippen LogP contribution in [0.5, 0.6) is 5.88 Å². The number of benzene rings is 2. The lowest BCUT2D eigenvalue weighted by atomic mass is 9.88. The molecule has 0 amide bonds. The van der Waals surface area contributed by atoms with Gasteiger partial charge in [0.1, 0.15) is 5.60 Å². The summed E-state index contributed by atoms with van der Waals surface area (Å²) in [6, 6.07) is 13.1. The number of halogens is 1. The molecular formula is C17H13BrN2O2. The minimum absolute atomic E-state index is 0.0138. The lowest BCUT2D eigenvalue weighted by molar-refractivity contribution is 0.137. The molecule has 0 radical (unpaired) electrons. The molecule has 3 aromatic rings. The van der Waals surface area contributed by atoms with Gasteiger partial charge in [-0.05, 0) is 31.2 Å². The summed E-state index contributed by atoms with van der Waals surface area (Å²) in [5.41, 5.74) is 2.02. The van der Waals surface area contributed by atoms with Crippen LogP contribution in [-0.4, -0.2) is 20.9 Å². The third-order valence-corrected chi connectivity index (χ3v) is 4.59. The smallest absolute Gasteiger partial charge is 0.198 e. The number of H-pyrrole nitrogens is 1. The maximum Gasteiger partial charge on any atom is 0.198 e. The molecule has 0 saturated carbocycles. The molecule has 1 aromatic heterocycles. The Kier molecular flexibility index (Phi) is 2.74. The molecule has 2 heterocycles. The molecule has 0 spiro atoms. The Labute approximate surface area is 135 Å². The molecule has 0 bridgehead atoms. The zero-order chi connectivity index (χ0) is 15.5. The number of rotatable bonds is 1. The maximum atomic E-state index is 11.0. The van der Waals surface area contributed by atoms with Crippen molar-refractivity contribution in [1.29, 1.82) is 0 Å². The summed E-state index contributed by atoms with van der Waals surface area (Å²) in [4.78, 5) is 7.50. The highest BCUT2D eigenvalue weighted by atomic mass is 79.9. The van der Waals surface area contributed by atoms with E-state index in [2.05, 4.69) is 25.9 Å². The van der Waals surface area contributed by atoms with Gasteiger partial charge in [0.15, 0.2) is 5.88 Å². The number of aliphatic hydroxyl groups is 1. The normalized spacial score (nSPS) is 20.2. The van der Waals surface area contributed by atoms with Crippen molar-refractivity contribution in [3.63, 3.8) is 0 Å². The van der Waals surface area contributed by atoms with Gasteiger partial charge in [0.25, 0.3) is 0 Å². The first-order valence-electron chi connectivity index (χ1n) is 6.90. The Balaban J connectivity index is 2.01. The number of nitrogens with zero attached hydrogens (tertiary/aromatic N) is 1. The second kappa shape index (κ2) is 4.44. The molecule has 0 fully saturated rings. The average molecular weight is 357 g/mol. The van der Waals surface area contributed by atoms with Gasteiger partial charge in [-0.15, -0.1) is 0 Å². The highest BCUT2D eigenvalue weighted by Gasteiger charge is 2.40. The molecular weight excluding hydrogens is 344 g/mol. The molecule has 0 saturated heterocycles. The van der Waals surface area contributed by atoms with E-state index in [-0.39, 0.29) is 5.88 Å². The van der Waals surface area contributed by atoms with Crippen LogP contribution >= 0.6 is 15.9 Å². The summed E-state index contributed by atoms with van der Waals surface area (Å²) in [6.45, 7) is 1.70. The van der Waals surface area contributed by atoms with Gasteiger partial charge in [-0.25, -0.2) is 4.99 Å². The molecule has 1 aliphatic rings. The third kappa shape index (κ3) is 1.76. The van der Waals surface area contributed by atoms with Crippen LogP contribution in [0.15, 0.2) is 51.9 Å². The fraction of sp³-hybridized carbons (Fsp3) is 0.118. The Bertz CT molecular complexity index is 941. The summed E-state index contributed by atoms with van der Waals surface area (Å²) in [6.07, 6.45) is 0. The van der Waals surface area contributed by atoms with Crippen molar-refractivity contribution in [2.75, 3.05) is 0 Å². The first kappa shape index (κ1) is 13.5. The van der Waals surface area contributed by atoms with Crippen molar-refractivity contribution in [2.24, 2.45) is 4.99 Å². The summed E-state index contributed by atoms with van der Waals surface area (Å²) in [5, 5.41) is 22.1. The Hall–Kier alpha value is -2.11. The molecule has 1 unspecified atom stereocenters. The molecule has 5 heteroatoms. The van der Waals surface area contributed by atoms with Gasteiger partial charge in [-0.1, -0.05) is 34.1 Å². The Morgan fingerprint density at radius 1 is 1.18 bits per heavy atom. The number of nitrogens with one attached hydrogen (secondary N) is 1. The second-order valence-electron chi connectivity index (χ2n) is 5.59. The average Bonchev–Trinajstić information content (AvgIpc) is 2.93. The van der Waals surface area contributed by atoms with Crippen LogP contribution in [0.1, 0.15) is 18.1 Å². The molecule has 110 valence electrons. The molecule has 2 aromatic carbocycles. The van der Waals surface area contributed by atoms with Crippen LogP contribution in [-0.2, 0) is 5.60 Å².